The Labute approximate surface area is 210 Å². The van der Waals surface area contributed by atoms with Crippen LogP contribution >= 0.6 is 0 Å². The Morgan fingerprint density at radius 3 is 2.56 bits per heavy atom. The van der Waals surface area contributed by atoms with Gasteiger partial charge in [0.1, 0.15) is 5.75 Å². The molecule has 1 aliphatic heterocycles. The van der Waals surface area contributed by atoms with Gasteiger partial charge < -0.3 is 15.2 Å². The molecule has 6 heteroatoms. The molecule has 0 fully saturated rings. The highest BCUT2D eigenvalue weighted by molar-refractivity contribution is 6.07. The normalized spacial score (nSPS) is 15.9. The maximum Gasteiger partial charge on any atom is 0.336 e. The van der Waals surface area contributed by atoms with E-state index in [9.17, 15) is 14.7 Å². The van der Waals surface area contributed by atoms with Crippen LogP contribution in [0, 0.1) is 13.8 Å². The van der Waals surface area contributed by atoms with Crippen molar-refractivity contribution >= 4 is 34.0 Å². The summed E-state index contributed by atoms with van der Waals surface area (Å²) in [6.45, 7) is 6.00. The predicted molar refractivity (Wildman–Crippen MR) is 141 cm³/mol. The topological polar surface area (TPSA) is 78.9 Å². The van der Waals surface area contributed by atoms with Crippen LogP contribution in [0.3, 0.4) is 0 Å². The van der Waals surface area contributed by atoms with Gasteiger partial charge in [-0.15, -0.1) is 0 Å². The van der Waals surface area contributed by atoms with Gasteiger partial charge in [-0.2, -0.15) is 0 Å². The summed E-state index contributed by atoms with van der Waals surface area (Å²) in [5.41, 5.74) is 3.93. The fourth-order valence-electron chi connectivity index (χ4n) is 4.82. The van der Waals surface area contributed by atoms with Crippen molar-refractivity contribution in [1.82, 2.24) is 5.32 Å². The molecule has 2 atom stereocenters. The number of aromatic carboxylic acids is 1. The van der Waals surface area contributed by atoms with Crippen molar-refractivity contribution in [2.24, 2.45) is 0 Å². The zero-order valence-corrected chi connectivity index (χ0v) is 20.5. The second-order valence-electron chi connectivity index (χ2n) is 9.19. The lowest BCUT2D eigenvalue weighted by atomic mass is 9.99. The molecule has 0 aromatic heterocycles. The lowest BCUT2D eigenvalue weighted by molar-refractivity contribution is -0.125. The summed E-state index contributed by atoms with van der Waals surface area (Å²) in [5, 5.41) is 15.5. The van der Waals surface area contributed by atoms with Crippen LogP contribution in [0.15, 0.2) is 78.9 Å². The molecule has 5 rings (SSSR count). The standard InChI is InChI=1S/C30H28N2O4/c1-18-15-22(16-25(19(18)2)30(34)35)32-26-13-6-7-14-27(26)36-28(29(32)33)17-31-20(3)23-12-8-10-21-9-4-5-11-24(21)23/h4-16,20,28,31H,17H2,1-3H3,(H,34,35)/t20-,28?/m1/s1. The van der Waals surface area contributed by atoms with Gasteiger partial charge in [0.25, 0.3) is 5.91 Å². The van der Waals surface area contributed by atoms with Crippen LogP contribution in [0.2, 0.25) is 0 Å². The Morgan fingerprint density at radius 1 is 1.03 bits per heavy atom. The quantitative estimate of drug-likeness (QED) is 0.358. The number of hydrogen-bond acceptors (Lipinski definition) is 4. The molecule has 0 saturated carbocycles. The number of anilines is 2. The molecule has 4 aromatic carbocycles. The Kier molecular flexibility index (Phi) is 6.20. The molecule has 0 radical (unpaired) electrons. The highest BCUT2D eigenvalue weighted by atomic mass is 16.5. The van der Waals surface area contributed by atoms with E-state index >= 15 is 0 Å². The summed E-state index contributed by atoms with van der Waals surface area (Å²) in [6, 6.07) is 25.2. The molecule has 36 heavy (non-hydrogen) atoms. The first-order chi connectivity index (χ1) is 17.3. The van der Waals surface area contributed by atoms with Gasteiger partial charge in [-0.3, -0.25) is 9.69 Å². The van der Waals surface area contributed by atoms with Crippen molar-refractivity contribution in [3.05, 3.63) is 101 Å². The zero-order chi connectivity index (χ0) is 25.4. The number of carboxylic acids is 1. The number of hydrogen-bond donors (Lipinski definition) is 2. The largest absolute Gasteiger partial charge is 0.478 e. The van der Waals surface area contributed by atoms with E-state index in [0.29, 0.717) is 29.2 Å². The van der Waals surface area contributed by atoms with Crippen LogP contribution in [0.1, 0.15) is 40.0 Å². The predicted octanol–water partition coefficient (Wildman–Crippen LogP) is 5.93. The minimum atomic E-state index is -1.02. The highest BCUT2D eigenvalue weighted by Crippen LogP contribution is 2.40. The number of benzene rings is 4. The maximum absolute atomic E-state index is 13.7. The van der Waals surface area contributed by atoms with E-state index in [1.807, 2.05) is 55.5 Å². The minimum absolute atomic E-state index is 0.0154. The minimum Gasteiger partial charge on any atom is -0.478 e. The number of nitrogens with zero attached hydrogens (tertiary/aromatic N) is 1. The number of aryl methyl sites for hydroxylation is 1. The number of carboxylic acid groups (broad SMARTS) is 1. The Balaban J connectivity index is 1.46. The van der Waals surface area contributed by atoms with Gasteiger partial charge in [0.05, 0.1) is 16.9 Å². The average molecular weight is 481 g/mol. The first kappa shape index (κ1) is 23.6. The Bertz CT molecular complexity index is 1470. The van der Waals surface area contributed by atoms with E-state index in [0.717, 1.165) is 16.5 Å². The summed E-state index contributed by atoms with van der Waals surface area (Å²) in [7, 11) is 0. The second kappa shape index (κ2) is 9.47. The number of ether oxygens (including phenoxy) is 1. The number of fused-ring (bicyclic) bond motifs is 2. The number of nitrogens with one attached hydrogen (secondary N) is 1. The molecule has 0 saturated heterocycles. The summed E-state index contributed by atoms with van der Waals surface area (Å²) in [5.74, 6) is -0.684. The van der Waals surface area contributed by atoms with E-state index in [2.05, 4.69) is 36.5 Å². The number of carbonyl (C=O) groups is 2. The van der Waals surface area contributed by atoms with E-state index in [-0.39, 0.29) is 17.5 Å². The van der Waals surface area contributed by atoms with Crippen molar-refractivity contribution in [3.63, 3.8) is 0 Å². The van der Waals surface area contributed by atoms with Gasteiger partial charge in [-0.1, -0.05) is 54.6 Å². The van der Waals surface area contributed by atoms with E-state index in [1.165, 1.54) is 5.39 Å². The number of amides is 1. The zero-order valence-electron chi connectivity index (χ0n) is 20.5. The third kappa shape index (κ3) is 4.20. The van der Waals surface area contributed by atoms with Crippen molar-refractivity contribution < 1.29 is 19.4 Å². The van der Waals surface area contributed by atoms with Gasteiger partial charge >= 0.3 is 5.97 Å². The fourth-order valence-corrected chi connectivity index (χ4v) is 4.82. The first-order valence-corrected chi connectivity index (χ1v) is 12.0. The molecule has 182 valence electrons. The SMILES string of the molecule is Cc1cc(N2C(=O)C(CN[C@H](C)c3cccc4ccccc34)Oc3ccccc32)cc(C(=O)O)c1C. The molecule has 1 unspecified atom stereocenters. The van der Waals surface area contributed by atoms with Gasteiger partial charge in [0.15, 0.2) is 6.10 Å². The molecule has 0 aliphatic carbocycles. The van der Waals surface area contributed by atoms with Crippen LogP contribution in [0.4, 0.5) is 11.4 Å². The summed E-state index contributed by atoms with van der Waals surface area (Å²) < 4.78 is 6.13. The van der Waals surface area contributed by atoms with Crippen molar-refractivity contribution in [2.45, 2.75) is 32.9 Å². The first-order valence-electron chi connectivity index (χ1n) is 12.0. The van der Waals surface area contributed by atoms with E-state index in [4.69, 9.17) is 4.74 Å². The van der Waals surface area contributed by atoms with Crippen molar-refractivity contribution in [1.29, 1.82) is 0 Å². The molecule has 1 amide bonds. The van der Waals surface area contributed by atoms with Crippen LogP contribution < -0.4 is 15.0 Å². The van der Waals surface area contributed by atoms with Crippen molar-refractivity contribution in [2.75, 3.05) is 11.4 Å². The highest BCUT2D eigenvalue weighted by Gasteiger charge is 2.36. The monoisotopic (exact) mass is 480 g/mol. The molecule has 2 N–H and O–H groups in total. The van der Waals surface area contributed by atoms with Crippen LogP contribution in [-0.4, -0.2) is 29.6 Å². The molecular weight excluding hydrogens is 452 g/mol. The molecule has 1 heterocycles. The molecule has 0 bridgehead atoms. The molecule has 0 spiro atoms. The molecule has 1 aliphatic rings. The maximum atomic E-state index is 13.7. The summed E-state index contributed by atoms with van der Waals surface area (Å²) in [6.07, 6.45) is -0.771. The lowest BCUT2D eigenvalue weighted by Gasteiger charge is -2.35. The summed E-state index contributed by atoms with van der Waals surface area (Å²) >= 11 is 0. The fraction of sp³-hybridized carbons (Fsp3) is 0.200. The van der Waals surface area contributed by atoms with E-state index in [1.54, 1.807) is 17.9 Å². The van der Waals surface area contributed by atoms with Gasteiger partial charge in [0.2, 0.25) is 0 Å². The van der Waals surface area contributed by atoms with Crippen LogP contribution in [0.5, 0.6) is 5.75 Å². The third-order valence-corrected chi connectivity index (χ3v) is 6.91. The van der Waals surface area contributed by atoms with Crippen LogP contribution in [-0.2, 0) is 4.79 Å². The number of rotatable bonds is 6. The Morgan fingerprint density at radius 2 is 1.75 bits per heavy atom. The smallest absolute Gasteiger partial charge is 0.336 e. The van der Waals surface area contributed by atoms with Gasteiger partial charge in [0, 0.05) is 12.6 Å². The number of para-hydroxylation sites is 2. The van der Waals surface area contributed by atoms with Gasteiger partial charge in [-0.25, -0.2) is 4.79 Å². The average Bonchev–Trinajstić information content (AvgIpc) is 2.88. The third-order valence-electron chi connectivity index (χ3n) is 6.91. The molecule has 6 nitrogen and oxygen atoms in total. The molecular formula is C30H28N2O4. The lowest BCUT2D eigenvalue weighted by Crippen LogP contribution is -2.48. The van der Waals surface area contributed by atoms with Gasteiger partial charge in [-0.05, 0) is 72.5 Å². The van der Waals surface area contributed by atoms with Crippen molar-refractivity contribution in [3.8, 4) is 5.75 Å². The summed E-state index contributed by atoms with van der Waals surface area (Å²) in [4.78, 5) is 27.2. The Hall–Kier alpha value is -4.16. The number of carbonyl (C=O) groups excluding carboxylic acids is 1. The van der Waals surface area contributed by atoms with E-state index < -0.39 is 12.1 Å². The molecule has 4 aromatic rings. The second-order valence-corrected chi connectivity index (χ2v) is 9.19. The van der Waals surface area contributed by atoms with Crippen LogP contribution in [0.25, 0.3) is 10.8 Å².